The van der Waals surface area contributed by atoms with E-state index in [0.717, 1.165) is 33.6 Å². The second-order valence-electron chi connectivity index (χ2n) is 11.1. The molecule has 10 heteroatoms. The molecule has 10 nitrogen and oxygen atoms in total. The fourth-order valence-electron chi connectivity index (χ4n) is 5.71. The van der Waals surface area contributed by atoms with Crippen molar-refractivity contribution in [2.24, 2.45) is 0 Å². The number of H-pyrrole nitrogens is 1. The number of hydrogen-bond acceptors (Lipinski definition) is 6. The van der Waals surface area contributed by atoms with Gasteiger partial charge in [-0.25, -0.2) is 14.9 Å². The first-order chi connectivity index (χ1) is 20.9. The number of fused-ring (bicyclic) bond motifs is 1. The van der Waals surface area contributed by atoms with Crippen molar-refractivity contribution in [3.05, 3.63) is 117 Å². The van der Waals surface area contributed by atoms with Crippen molar-refractivity contribution in [3.63, 3.8) is 0 Å². The number of tetrazole rings is 1. The monoisotopic (exact) mass is 574 g/mol. The van der Waals surface area contributed by atoms with Gasteiger partial charge < -0.3 is 4.57 Å². The molecule has 6 rings (SSSR count). The lowest BCUT2D eigenvalue weighted by Crippen LogP contribution is -2.41. The first kappa shape index (κ1) is 28.0. The Bertz CT molecular complexity index is 1990. The highest BCUT2D eigenvalue weighted by molar-refractivity contribution is 5.80. The van der Waals surface area contributed by atoms with Crippen LogP contribution in [0.4, 0.5) is 0 Å². The molecule has 3 aromatic heterocycles. The van der Waals surface area contributed by atoms with Crippen LogP contribution in [0.1, 0.15) is 63.0 Å². The molecule has 6 aromatic rings. The number of hydrogen-bond donors (Lipinski definition) is 1. The van der Waals surface area contributed by atoms with Crippen LogP contribution in [-0.2, 0) is 13.1 Å². The summed E-state index contributed by atoms with van der Waals surface area (Å²) in [6, 6.07) is 25.8. The van der Waals surface area contributed by atoms with Crippen LogP contribution in [0, 0.1) is 0 Å². The van der Waals surface area contributed by atoms with E-state index in [0.29, 0.717) is 36.5 Å². The number of aromatic nitrogens is 8. The zero-order chi connectivity index (χ0) is 30.1. The van der Waals surface area contributed by atoms with Gasteiger partial charge in [-0.1, -0.05) is 99.6 Å². The number of aromatic amines is 1. The molecule has 0 radical (unpaired) electrons. The predicted molar refractivity (Wildman–Crippen MR) is 167 cm³/mol. The average Bonchev–Trinajstić information content (AvgIpc) is 3.69. The maximum Gasteiger partial charge on any atom is 0.333 e. The largest absolute Gasteiger partial charge is 0.333 e. The van der Waals surface area contributed by atoms with Crippen molar-refractivity contribution in [1.29, 1.82) is 0 Å². The molecule has 0 saturated heterocycles. The van der Waals surface area contributed by atoms with Crippen LogP contribution in [0.5, 0.6) is 0 Å². The number of benzene rings is 3. The van der Waals surface area contributed by atoms with Gasteiger partial charge in [0.25, 0.3) is 5.56 Å². The summed E-state index contributed by atoms with van der Waals surface area (Å²) in [6.45, 7) is 8.85. The van der Waals surface area contributed by atoms with Crippen LogP contribution in [0.3, 0.4) is 0 Å². The minimum Gasteiger partial charge on any atom is -0.317 e. The van der Waals surface area contributed by atoms with Crippen LogP contribution in [0.25, 0.3) is 33.7 Å². The molecule has 0 bridgehead atoms. The Balaban J connectivity index is 1.48. The summed E-state index contributed by atoms with van der Waals surface area (Å²) in [5.74, 6) is 1.40. The normalized spacial score (nSPS) is 12.3. The molecular weight excluding hydrogens is 540 g/mol. The van der Waals surface area contributed by atoms with Crippen LogP contribution < -0.4 is 11.2 Å². The summed E-state index contributed by atoms with van der Waals surface area (Å²) in [7, 11) is 0. The van der Waals surface area contributed by atoms with Gasteiger partial charge in [-0.15, -0.1) is 5.10 Å². The van der Waals surface area contributed by atoms with Gasteiger partial charge in [0.2, 0.25) is 0 Å². The Kier molecular flexibility index (Phi) is 7.58. The Morgan fingerprint density at radius 3 is 2.19 bits per heavy atom. The van der Waals surface area contributed by atoms with Gasteiger partial charge in [-0.05, 0) is 46.0 Å². The molecular formula is C33H34N8O2. The zero-order valence-electron chi connectivity index (χ0n) is 24.7. The smallest absolute Gasteiger partial charge is 0.317 e. The molecule has 1 N–H and O–H groups in total. The summed E-state index contributed by atoms with van der Waals surface area (Å²) < 4.78 is 5.04. The number of imidazole rings is 1. The van der Waals surface area contributed by atoms with E-state index in [2.05, 4.69) is 58.7 Å². The third-order valence-corrected chi connectivity index (χ3v) is 7.86. The van der Waals surface area contributed by atoms with Crippen LogP contribution in [-0.4, -0.2) is 39.3 Å². The lowest BCUT2D eigenvalue weighted by Gasteiger charge is -2.18. The Morgan fingerprint density at radius 1 is 0.837 bits per heavy atom. The molecule has 0 fully saturated rings. The van der Waals surface area contributed by atoms with Crippen molar-refractivity contribution in [2.45, 2.75) is 59.2 Å². The number of nitrogens with one attached hydrogen (secondary N) is 1. The Labute approximate surface area is 248 Å². The third-order valence-electron chi connectivity index (χ3n) is 7.86. The minimum atomic E-state index is -0.333. The van der Waals surface area contributed by atoms with Crippen LogP contribution in [0.2, 0.25) is 0 Å². The summed E-state index contributed by atoms with van der Waals surface area (Å²) in [5.41, 5.74) is 5.16. The molecule has 0 aliphatic heterocycles. The lowest BCUT2D eigenvalue weighted by atomic mass is 9.98. The quantitative estimate of drug-likeness (QED) is 0.247. The molecule has 0 amide bonds. The number of nitrogens with zero attached hydrogens (tertiary/aromatic N) is 7. The summed E-state index contributed by atoms with van der Waals surface area (Å²) in [6.07, 6.45) is 0.665. The SMILES string of the molecule is CCCn1c(=O)c2c(nc(C(C)C)n2Cc2ccc(-c3ccccc3-c3nnn[nH]3)cc2)n(C(C)c2ccccc2)c1=O. The maximum atomic E-state index is 14.0. The predicted octanol–water partition coefficient (Wildman–Crippen LogP) is 5.40. The fraction of sp³-hybridized carbons (Fsp3) is 0.273. The van der Waals surface area contributed by atoms with Crippen molar-refractivity contribution < 1.29 is 0 Å². The first-order valence-corrected chi connectivity index (χ1v) is 14.6. The zero-order valence-corrected chi connectivity index (χ0v) is 24.7. The summed E-state index contributed by atoms with van der Waals surface area (Å²) >= 11 is 0. The molecule has 0 spiro atoms. The van der Waals surface area contributed by atoms with E-state index < -0.39 is 0 Å². The average molecular weight is 575 g/mol. The highest BCUT2D eigenvalue weighted by Crippen LogP contribution is 2.30. The molecule has 0 aliphatic rings. The molecule has 43 heavy (non-hydrogen) atoms. The van der Waals surface area contributed by atoms with Gasteiger partial charge in [0.05, 0.1) is 6.04 Å². The molecule has 3 aromatic carbocycles. The standard InChI is InChI=1S/C33H34N8O2/c1-5-19-39-32(42)28-31(41(33(39)43)22(4)24-11-7-6-8-12-24)34-30(21(2)3)40(28)20-23-15-17-25(18-16-23)26-13-9-10-14-27(26)29-35-37-38-36-29/h6-18,21-22H,5,19-20H2,1-4H3,(H,35,36,37,38). The first-order valence-electron chi connectivity index (χ1n) is 14.6. The third kappa shape index (κ3) is 5.09. The van der Waals surface area contributed by atoms with Gasteiger partial charge in [0.1, 0.15) is 5.82 Å². The highest BCUT2D eigenvalue weighted by atomic mass is 16.2. The molecule has 218 valence electrons. The molecule has 1 unspecified atom stereocenters. The van der Waals surface area contributed by atoms with E-state index in [9.17, 15) is 9.59 Å². The van der Waals surface area contributed by atoms with Gasteiger partial charge >= 0.3 is 5.69 Å². The molecule has 3 heterocycles. The van der Waals surface area contributed by atoms with Crippen molar-refractivity contribution >= 4 is 11.2 Å². The van der Waals surface area contributed by atoms with E-state index >= 15 is 0 Å². The summed E-state index contributed by atoms with van der Waals surface area (Å²) in [5, 5.41) is 14.4. The lowest BCUT2D eigenvalue weighted by molar-refractivity contribution is 0.536. The van der Waals surface area contributed by atoms with Crippen molar-refractivity contribution in [2.75, 3.05) is 0 Å². The van der Waals surface area contributed by atoms with Crippen molar-refractivity contribution in [1.82, 2.24) is 39.3 Å². The minimum absolute atomic E-state index is 0.0312. The Hall–Kier alpha value is -5.12. The van der Waals surface area contributed by atoms with Gasteiger partial charge in [-0.3, -0.25) is 13.9 Å². The summed E-state index contributed by atoms with van der Waals surface area (Å²) in [4.78, 5) is 32.7. The topological polar surface area (TPSA) is 116 Å². The Morgan fingerprint density at radius 2 is 1.53 bits per heavy atom. The fourth-order valence-corrected chi connectivity index (χ4v) is 5.71. The number of rotatable bonds is 9. The highest BCUT2D eigenvalue weighted by Gasteiger charge is 2.25. The van der Waals surface area contributed by atoms with E-state index in [1.54, 1.807) is 4.57 Å². The molecule has 1 atom stereocenters. The molecule has 0 aliphatic carbocycles. The maximum absolute atomic E-state index is 14.0. The van der Waals surface area contributed by atoms with Gasteiger partial charge in [0.15, 0.2) is 17.0 Å². The van der Waals surface area contributed by atoms with Gasteiger partial charge in [-0.2, -0.15) is 0 Å². The van der Waals surface area contributed by atoms with Gasteiger partial charge in [0, 0.05) is 24.6 Å². The second kappa shape index (κ2) is 11.6. The van der Waals surface area contributed by atoms with Crippen molar-refractivity contribution in [3.8, 4) is 22.5 Å². The molecule has 0 saturated carbocycles. The van der Waals surface area contributed by atoms with Crippen LogP contribution in [0.15, 0.2) is 88.5 Å². The van der Waals surface area contributed by atoms with E-state index in [1.165, 1.54) is 4.57 Å². The second-order valence-corrected chi connectivity index (χ2v) is 11.1. The van der Waals surface area contributed by atoms with E-state index in [1.807, 2.05) is 73.0 Å². The van der Waals surface area contributed by atoms with Crippen LogP contribution >= 0.6 is 0 Å². The van der Waals surface area contributed by atoms with E-state index in [-0.39, 0.29) is 23.2 Å². The van der Waals surface area contributed by atoms with E-state index in [4.69, 9.17) is 4.98 Å².